The lowest BCUT2D eigenvalue weighted by molar-refractivity contribution is -0.143. The summed E-state index contributed by atoms with van der Waals surface area (Å²) < 4.78 is 15.1. The lowest BCUT2D eigenvalue weighted by atomic mass is 10.1. The summed E-state index contributed by atoms with van der Waals surface area (Å²) in [6, 6.07) is 0. The van der Waals surface area contributed by atoms with Crippen LogP contribution in [0.25, 0.3) is 0 Å². The Morgan fingerprint density at radius 1 is 1.00 bits per heavy atom. The number of allylic oxidation sites excluding steroid dienone is 6. The van der Waals surface area contributed by atoms with E-state index in [1.165, 1.54) is 31.9 Å². The zero-order valence-corrected chi connectivity index (χ0v) is 16.2. The highest BCUT2D eigenvalue weighted by atomic mass is 16.7. The van der Waals surface area contributed by atoms with E-state index in [0.29, 0.717) is 18.8 Å². The van der Waals surface area contributed by atoms with Gasteiger partial charge in [-0.25, -0.2) is 0 Å². The van der Waals surface area contributed by atoms with Gasteiger partial charge in [0.15, 0.2) is 12.6 Å². The highest BCUT2D eigenvalue weighted by Gasteiger charge is 2.10. The van der Waals surface area contributed by atoms with E-state index in [4.69, 9.17) is 14.2 Å². The molecule has 1 heterocycles. The normalized spacial score (nSPS) is 14.9. The van der Waals surface area contributed by atoms with Crippen molar-refractivity contribution in [1.82, 2.24) is 0 Å². The van der Waals surface area contributed by atoms with Crippen molar-refractivity contribution >= 4 is 5.97 Å². The van der Waals surface area contributed by atoms with Crippen molar-refractivity contribution in [2.75, 3.05) is 13.4 Å². The number of hydrogen-bond donors (Lipinski definition) is 0. The van der Waals surface area contributed by atoms with Gasteiger partial charge in [0.1, 0.15) is 12.9 Å². The van der Waals surface area contributed by atoms with E-state index in [1.807, 2.05) is 0 Å². The first-order chi connectivity index (χ1) is 12.8. The van der Waals surface area contributed by atoms with Crippen LogP contribution in [-0.2, 0) is 19.0 Å². The van der Waals surface area contributed by atoms with Gasteiger partial charge in [-0.15, -0.1) is 0 Å². The van der Waals surface area contributed by atoms with Gasteiger partial charge in [-0.1, -0.05) is 56.2 Å². The summed E-state index contributed by atoms with van der Waals surface area (Å²) in [5, 5.41) is 0. The summed E-state index contributed by atoms with van der Waals surface area (Å²) >= 11 is 0. The van der Waals surface area contributed by atoms with Crippen LogP contribution >= 0.6 is 0 Å². The Kier molecular flexibility index (Phi) is 14.2. The molecule has 0 saturated carbocycles. The van der Waals surface area contributed by atoms with Gasteiger partial charge in [0.2, 0.25) is 0 Å². The topological polar surface area (TPSA) is 44.8 Å². The molecule has 0 spiro atoms. The molecule has 0 unspecified atom stereocenters. The zero-order chi connectivity index (χ0) is 18.7. The molecule has 0 aliphatic carbocycles. The van der Waals surface area contributed by atoms with E-state index in [-0.39, 0.29) is 12.8 Å². The number of unbranched alkanes of at least 4 members (excludes halogenated alkanes) is 5. The molecule has 4 nitrogen and oxygen atoms in total. The van der Waals surface area contributed by atoms with Crippen LogP contribution in [0.4, 0.5) is 0 Å². The summed E-state index contributed by atoms with van der Waals surface area (Å²) in [6.07, 6.45) is 25.1. The summed E-state index contributed by atoms with van der Waals surface area (Å²) in [6.45, 7) is 2.75. The van der Waals surface area contributed by atoms with Gasteiger partial charge < -0.3 is 14.2 Å². The third-order valence-electron chi connectivity index (χ3n) is 3.88. The second-order valence-electron chi connectivity index (χ2n) is 6.32. The highest BCUT2D eigenvalue weighted by Crippen LogP contribution is 2.09. The monoisotopic (exact) mass is 362 g/mol. The van der Waals surface area contributed by atoms with E-state index >= 15 is 0 Å². The van der Waals surface area contributed by atoms with Crippen LogP contribution in [0.15, 0.2) is 48.5 Å². The third kappa shape index (κ3) is 13.5. The molecule has 0 radical (unpaired) electrons. The fraction of sp³-hybridized carbons (Fsp3) is 0.591. The first-order valence-corrected chi connectivity index (χ1v) is 9.87. The highest BCUT2D eigenvalue weighted by molar-refractivity contribution is 5.70. The van der Waals surface area contributed by atoms with Crippen LogP contribution in [0.2, 0.25) is 0 Å². The summed E-state index contributed by atoms with van der Waals surface area (Å²) in [5.74, 6) is 0.226. The van der Waals surface area contributed by atoms with Gasteiger partial charge in [-0.2, -0.15) is 0 Å². The molecule has 4 heteroatoms. The second kappa shape index (κ2) is 16.6. The van der Waals surface area contributed by atoms with Crippen molar-refractivity contribution in [3.8, 4) is 0 Å². The maximum Gasteiger partial charge on any atom is 0.311 e. The zero-order valence-electron chi connectivity index (χ0n) is 16.2. The molecule has 0 aromatic rings. The standard InChI is InChI=1S/C22H34O4/c1-2-3-4-5-6-7-8-9-10-11-12-13-14-15-16-17-22(23)26-21-18-24-20-25-19-21/h6-7,9-10,12-13,18H,2-5,8,11,14-17,19-20H2,1H3/b7-6-,10-9-,13-12-. The molecule has 0 fully saturated rings. The molecule has 1 rings (SSSR count). The Hall–Kier alpha value is -1.81. The molecule has 0 N–H and O–H groups in total. The molecule has 1 aliphatic rings. The van der Waals surface area contributed by atoms with Gasteiger partial charge in [0, 0.05) is 6.42 Å². The van der Waals surface area contributed by atoms with Gasteiger partial charge >= 0.3 is 5.97 Å². The average Bonchev–Trinajstić information content (AvgIpc) is 2.65. The molecular formula is C22H34O4. The molecule has 0 amide bonds. The molecule has 0 aromatic heterocycles. The first-order valence-electron chi connectivity index (χ1n) is 9.87. The summed E-state index contributed by atoms with van der Waals surface area (Å²) in [7, 11) is 0. The molecule has 26 heavy (non-hydrogen) atoms. The van der Waals surface area contributed by atoms with E-state index in [9.17, 15) is 4.79 Å². The number of ether oxygens (including phenoxy) is 3. The lowest BCUT2D eigenvalue weighted by Crippen LogP contribution is -2.14. The largest absolute Gasteiger partial charge is 0.472 e. The predicted molar refractivity (Wildman–Crippen MR) is 105 cm³/mol. The van der Waals surface area contributed by atoms with Gasteiger partial charge in [-0.05, 0) is 44.9 Å². The molecule has 0 bridgehead atoms. The molecule has 146 valence electrons. The second-order valence-corrected chi connectivity index (χ2v) is 6.32. The van der Waals surface area contributed by atoms with Crippen LogP contribution in [0.3, 0.4) is 0 Å². The van der Waals surface area contributed by atoms with Gasteiger partial charge in [0.25, 0.3) is 0 Å². The number of carbonyl (C=O) groups excluding carboxylic acids is 1. The molecular weight excluding hydrogens is 328 g/mol. The average molecular weight is 363 g/mol. The van der Waals surface area contributed by atoms with E-state index in [2.05, 4.69) is 43.4 Å². The van der Waals surface area contributed by atoms with E-state index in [1.54, 1.807) is 0 Å². The molecule has 0 atom stereocenters. The Morgan fingerprint density at radius 2 is 1.65 bits per heavy atom. The van der Waals surface area contributed by atoms with Crippen molar-refractivity contribution in [3.63, 3.8) is 0 Å². The molecule has 1 aliphatic heterocycles. The number of rotatable bonds is 14. The Morgan fingerprint density at radius 3 is 2.27 bits per heavy atom. The van der Waals surface area contributed by atoms with Crippen molar-refractivity contribution in [3.05, 3.63) is 48.5 Å². The fourth-order valence-corrected chi connectivity index (χ4v) is 2.42. The molecule has 0 saturated heterocycles. The third-order valence-corrected chi connectivity index (χ3v) is 3.88. The van der Waals surface area contributed by atoms with E-state index in [0.717, 1.165) is 32.1 Å². The van der Waals surface area contributed by atoms with Crippen LogP contribution < -0.4 is 0 Å². The predicted octanol–water partition coefficient (Wildman–Crippen LogP) is 5.96. The van der Waals surface area contributed by atoms with Gasteiger partial charge in [-0.3, -0.25) is 4.79 Å². The summed E-state index contributed by atoms with van der Waals surface area (Å²) in [4.78, 5) is 11.6. The number of hydrogen-bond acceptors (Lipinski definition) is 4. The van der Waals surface area contributed by atoms with Crippen LogP contribution in [-0.4, -0.2) is 19.4 Å². The van der Waals surface area contributed by atoms with E-state index < -0.39 is 0 Å². The van der Waals surface area contributed by atoms with Crippen LogP contribution in [0, 0.1) is 0 Å². The first kappa shape index (κ1) is 22.2. The number of esters is 1. The SMILES string of the molecule is CCCCC/C=C\C/C=C\C/C=C\CCCCC(=O)OC1=COCOC1. The van der Waals surface area contributed by atoms with Crippen LogP contribution in [0.5, 0.6) is 0 Å². The minimum absolute atomic E-state index is 0.221. The fourth-order valence-electron chi connectivity index (χ4n) is 2.42. The molecule has 0 aromatic carbocycles. The quantitative estimate of drug-likeness (QED) is 0.217. The minimum atomic E-state index is -0.222. The van der Waals surface area contributed by atoms with Crippen molar-refractivity contribution in [2.45, 2.75) is 71.1 Å². The number of carbonyl (C=O) groups is 1. The van der Waals surface area contributed by atoms with Crippen molar-refractivity contribution in [1.29, 1.82) is 0 Å². The lowest BCUT2D eigenvalue weighted by Gasteiger charge is -2.13. The smallest absolute Gasteiger partial charge is 0.311 e. The summed E-state index contributed by atoms with van der Waals surface area (Å²) in [5.41, 5.74) is 0. The maximum atomic E-state index is 11.6. The maximum absolute atomic E-state index is 11.6. The Labute approximate surface area is 158 Å². The Bertz CT molecular complexity index is 475. The van der Waals surface area contributed by atoms with Crippen molar-refractivity contribution in [2.24, 2.45) is 0 Å². The minimum Gasteiger partial charge on any atom is -0.472 e. The van der Waals surface area contributed by atoms with Crippen LogP contribution in [0.1, 0.15) is 71.1 Å². The van der Waals surface area contributed by atoms with Crippen molar-refractivity contribution < 1.29 is 19.0 Å². The van der Waals surface area contributed by atoms with Gasteiger partial charge in [0.05, 0.1) is 0 Å². The Balaban J connectivity index is 1.91.